The summed E-state index contributed by atoms with van der Waals surface area (Å²) in [5, 5.41) is 2.72. The molecular weight excluding hydrogens is 248 g/mol. The average molecular weight is 266 g/mol. The number of nitrogens with one attached hydrogen (secondary N) is 1. The van der Waals surface area contributed by atoms with Crippen molar-refractivity contribution in [2.45, 2.75) is 12.3 Å². The highest BCUT2D eigenvalue weighted by atomic mass is 16.7. The third-order valence-electron chi connectivity index (χ3n) is 2.76. The fourth-order valence-corrected chi connectivity index (χ4v) is 1.76. The average Bonchev–Trinajstić information content (AvgIpc) is 2.94. The van der Waals surface area contributed by atoms with Crippen LogP contribution in [0.5, 0.6) is 0 Å². The Bertz CT molecular complexity index is 415. The maximum Gasteiger partial charge on any atom is 0.243 e. The van der Waals surface area contributed by atoms with Gasteiger partial charge in [-0.1, -0.05) is 12.1 Å². The van der Waals surface area contributed by atoms with Crippen LogP contribution in [0.3, 0.4) is 0 Å². The maximum absolute atomic E-state index is 11.7. The van der Waals surface area contributed by atoms with Gasteiger partial charge < -0.3 is 25.3 Å². The largest absolute Gasteiger partial charge is 0.383 e. The van der Waals surface area contributed by atoms with Crippen molar-refractivity contribution in [3.63, 3.8) is 0 Å². The molecule has 1 aliphatic heterocycles. The summed E-state index contributed by atoms with van der Waals surface area (Å²) in [6.07, 6.45) is -0.305. The molecule has 0 aromatic heterocycles. The highest BCUT2D eigenvalue weighted by molar-refractivity contribution is 5.94. The first-order valence-corrected chi connectivity index (χ1v) is 6.09. The fraction of sp³-hybridized carbons (Fsp3) is 0.462. The Morgan fingerprint density at radius 2 is 2.05 bits per heavy atom. The van der Waals surface area contributed by atoms with E-state index in [9.17, 15) is 4.79 Å². The lowest BCUT2D eigenvalue weighted by Gasteiger charge is -2.13. The van der Waals surface area contributed by atoms with Gasteiger partial charge in [0, 0.05) is 18.4 Å². The number of hydrogen-bond acceptors (Lipinski definition) is 5. The summed E-state index contributed by atoms with van der Waals surface area (Å²) in [4.78, 5) is 11.7. The zero-order valence-corrected chi connectivity index (χ0v) is 10.8. The molecule has 1 heterocycles. The molecular formula is C13H18N2O4. The molecule has 6 nitrogen and oxygen atoms in total. The third-order valence-corrected chi connectivity index (χ3v) is 2.76. The Balaban J connectivity index is 1.92. The minimum Gasteiger partial charge on any atom is -0.383 e. The zero-order valence-electron chi connectivity index (χ0n) is 10.8. The summed E-state index contributed by atoms with van der Waals surface area (Å²) in [7, 11) is 1.50. The fourth-order valence-electron chi connectivity index (χ4n) is 1.76. The Morgan fingerprint density at radius 1 is 1.42 bits per heavy atom. The number of carbonyl (C=O) groups is 1. The van der Waals surface area contributed by atoms with Crippen molar-refractivity contribution >= 4 is 11.6 Å². The topological polar surface area (TPSA) is 82.8 Å². The van der Waals surface area contributed by atoms with Crippen LogP contribution < -0.4 is 11.1 Å². The maximum atomic E-state index is 11.7. The van der Waals surface area contributed by atoms with Gasteiger partial charge in [-0.2, -0.15) is 0 Å². The van der Waals surface area contributed by atoms with Gasteiger partial charge >= 0.3 is 0 Å². The highest BCUT2D eigenvalue weighted by Gasteiger charge is 2.18. The summed E-state index contributed by atoms with van der Waals surface area (Å²) in [6, 6.07) is 6.61. The molecule has 0 aliphatic carbocycles. The van der Waals surface area contributed by atoms with Crippen molar-refractivity contribution in [3.05, 3.63) is 29.8 Å². The monoisotopic (exact) mass is 266 g/mol. The van der Waals surface area contributed by atoms with Crippen LogP contribution >= 0.6 is 0 Å². The third kappa shape index (κ3) is 3.74. The van der Waals surface area contributed by atoms with Gasteiger partial charge in [-0.15, -0.1) is 0 Å². The standard InChI is InChI=1S/C13H18N2O4/c1-17-8-11(14)12(16)15-10-4-2-9(3-5-10)13-18-6-7-19-13/h2-5,11,13H,6-8,14H2,1H3,(H,15,16). The number of benzene rings is 1. The second-order valence-corrected chi connectivity index (χ2v) is 4.25. The molecule has 0 radical (unpaired) electrons. The molecule has 1 unspecified atom stereocenters. The van der Waals surface area contributed by atoms with Crippen molar-refractivity contribution in [2.24, 2.45) is 5.73 Å². The SMILES string of the molecule is COCC(N)C(=O)Nc1ccc(C2OCCO2)cc1. The molecule has 1 amide bonds. The second kappa shape index (κ2) is 6.63. The number of amides is 1. The van der Waals surface area contributed by atoms with Gasteiger partial charge in [0.25, 0.3) is 0 Å². The van der Waals surface area contributed by atoms with Gasteiger partial charge in [-0.3, -0.25) is 4.79 Å². The Kier molecular flexibility index (Phi) is 4.86. The van der Waals surface area contributed by atoms with E-state index in [2.05, 4.69) is 5.32 Å². The number of carbonyl (C=O) groups excluding carboxylic acids is 1. The van der Waals surface area contributed by atoms with Crippen LogP contribution in [0.1, 0.15) is 11.9 Å². The molecule has 104 valence electrons. The summed E-state index contributed by atoms with van der Waals surface area (Å²) < 4.78 is 15.6. The number of ether oxygens (including phenoxy) is 3. The van der Waals surface area contributed by atoms with Crippen LogP contribution in [-0.2, 0) is 19.0 Å². The van der Waals surface area contributed by atoms with Gasteiger partial charge in [-0.05, 0) is 12.1 Å². The quantitative estimate of drug-likeness (QED) is 0.817. The van der Waals surface area contributed by atoms with Crippen molar-refractivity contribution in [1.29, 1.82) is 0 Å². The molecule has 0 saturated carbocycles. The molecule has 3 N–H and O–H groups in total. The van der Waals surface area contributed by atoms with Crippen molar-refractivity contribution < 1.29 is 19.0 Å². The normalized spacial score (nSPS) is 17.4. The molecule has 1 atom stereocenters. The van der Waals surface area contributed by atoms with Gasteiger partial charge in [0.2, 0.25) is 5.91 Å². The van der Waals surface area contributed by atoms with E-state index in [1.165, 1.54) is 7.11 Å². The van der Waals surface area contributed by atoms with Crippen LogP contribution in [-0.4, -0.2) is 38.9 Å². The zero-order chi connectivity index (χ0) is 13.7. The Hall–Kier alpha value is -1.47. The number of methoxy groups -OCH3 is 1. The van der Waals surface area contributed by atoms with E-state index in [0.29, 0.717) is 18.9 Å². The summed E-state index contributed by atoms with van der Waals surface area (Å²) in [6.45, 7) is 1.40. The number of anilines is 1. The van der Waals surface area contributed by atoms with Crippen LogP contribution in [0.15, 0.2) is 24.3 Å². The van der Waals surface area contributed by atoms with E-state index in [0.717, 1.165) is 5.56 Å². The molecule has 1 aromatic rings. The van der Waals surface area contributed by atoms with E-state index >= 15 is 0 Å². The first kappa shape index (κ1) is 14.0. The van der Waals surface area contributed by atoms with Crippen LogP contribution in [0.2, 0.25) is 0 Å². The number of hydrogen-bond donors (Lipinski definition) is 2. The van der Waals surface area contributed by atoms with Gasteiger partial charge in [-0.25, -0.2) is 0 Å². The van der Waals surface area contributed by atoms with Gasteiger partial charge in [0.05, 0.1) is 19.8 Å². The molecule has 1 fully saturated rings. The van der Waals surface area contributed by atoms with E-state index < -0.39 is 6.04 Å². The second-order valence-electron chi connectivity index (χ2n) is 4.25. The van der Waals surface area contributed by atoms with Crippen molar-refractivity contribution in [3.8, 4) is 0 Å². The molecule has 1 aromatic carbocycles. The van der Waals surface area contributed by atoms with E-state index in [4.69, 9.17) is 19.9 Å². The highest BCUT2D eigenvalue weighted by Crippen LogP contribution is 2.24. The van der Waals surface area contributed by atoms with Crippen LogP contribution in [0.4, 0.5) is 5.69 Å². The predicted molar refractivity (Wildman–Crippen MR) is 69.6 cm³/mol. The van der Waals surface area contributed by atoms with E-state index in [1.807, 2.05) is 12.1 Å². The van der Waals surface area contributed by atoms with E-state index in [-0.39, 0.29) is 18.8 Å². The number of nitrogens with two attached hydrogens (primary N) is 1. The lowest BCUT2D eigenvalue weighted by atomic mass is 10.2. The molecule has 2 rings (SSSR count). The summed E-state index contributed by atoms with van der Waals surface area (Å²) in [5.41, 5.74) is 7.23. The lowest BCUT2D eigenvalue weighted by Crippen LogP contribution is -2.39. The van der Waals surface area contributed by atoms with E-state index in [1.54, 1.807) is 12.1 Å². The van der Waals surface area contributed by atoms with Gasteiger partial charge in [0.1, 0.15) is 6.04 Å². The molecule has 0 spiro atoms. The lowest BCUT2D eigenvalue weighted by molar-refractivity contribution is -0.118. The molecule has 19 heavy (non-hydrogen) atoms. The smallest absolute Gasteiger partial charge is 0.243 e. The van der Waals surface area contributed by atoms with Crippen LogP contribution in [0, 0.1) is 0 Å². The molecule has 1 saturated heterocycles. The molecule has 1 aliphatic rings. The van der Waals surface area contributed by atoms with Gasteiger partial charge in [0.15, 0.2) is 6.29 Å². The summed E-state index contributed by atoms with van der Waals surface area (Å²) in [5.74, 6) is -0.275. The number of rotatable bonds is 5. The molecule has 0 bridgehead atoms. The first-order valence-electron chi connectivity index (χ1n) is 6.09. The Labute approximate surface area is 111 Å². The van der Waals surface area contributed by atoms with Crippen molar-refractivity contribution in [2.75, 3.05) is 32.2 Å². The predicted octanol–water partition coefficient (Wildman–Crippen LogP) is 0.644. The first-order chi connectivity index (χ1) is 9.20. The van der Waals surface area contributed by atoms with Crippen molar-refractivity contribution in [1.82, 2.24) is 0 Å². The minimum atomic E-state index is -0.675. The summed E-state index contributed by atoms with van der Waals surface area (Å²) >= 11 is 0. The molecule has 6 heteroatoms. The Morgan fingerprint density at radius 3 is 2.63 bits per heavy atom. The minimum absolute atomic E-state index is 0.188. The van der Waals surface area contributed by atoms with Crippen LogP contribution in [0.25, 0.3) is 0 Å².